The maximum absolute atomic E-state index is 11.8. The van der Waals surface area contributed by atoms with Gasteiger partial charge in [0.1, 0.15) is 6.04 Å². The number of hydrogen-bond acceptors (Lipinski definition) is 4. The number of aryl methyl sites for hydroxylation is 1. The zero-order valence-corrected chi connectivity index (χ0v) is 10.9. The summed E-state index contributed by atoms with van der Waals surface area (Å²) in [5.74, 6) is -0.674. The van der Waals surface area contributed by atoms with E-state index >= 15 is 0 Å². The van der Waals surface area contributed by atoms with E-state index in [4.69, 9.17) is 5.73 Å². The third-order valence-electron chi connectivity index (χ3n) is 2.36. The maximum atomic E-state index is 11.8. The molecule has 0 spiro atoms. The monoisotopic (exact) mass is 253 g/mol. The summed E-state index contributed by atoms with van der Waals surface area (Å²) in [5, 5.41) is 9.18. The van der Waals surface area contributed by atoms with Crippen LogP contribution in [0.3, 0.4) is 0 Å². The number of amides is 2. The Kier molecular flexibility index (Phi) is 4.70. The van der Waals surface area contributed by atoms with Crippen molar-refractivity contribution >= 4 is 17.5 Å². The minimum atomic E-state index is -0.620. The standard InChI is InChI=1S/C11H19N5O2/c1-4-5-13-10(17)7(2)14-11(18)9-8(12)6-16(3)15-9/h6-7H,4-5,12H2,1-3H3,(H,13,17)(H,14,18). The number of nitrogens with one attached hydrogen (secondary N) is 2. The molecule has 1 rings (SSSR count). The molecule has 7 heteroatoms. The van der Waals surface area contributed by atoms with Gasteiger partial charge in [0, 0.05) is 19.8 Å². The second-order valence-corrected chi connectivity index (χ2v) is 4.09. The highest BCUT2D eigenvalue weighted by molar-refractivity contribution is 5.99. The van der Waals surface area contributed by atoms with Crippen molar-refractivity contribution in [1.29, 1.82) is 0 Å². The van der Waals surface area contributed by atoms with E-state index in [1.807, 2.05) is 6.92 Å². The van der Waals surface area contributed by atoms with Crippen molar-refractivity contribution in [2.24, 2.45) is 7.05 Å². The Balaban J connectivity index is 2.59. The van der Waals surface area contributed by atoms with Gasteiger partial charge in [0.25, 0.3) is 5.91 Å². The Bertz CT molecular complexity index is 441. The van der Waals surface area contributed by atoms with Crippen LogP contribution in [0.15, 0.2) is 6.20 Å². The van der Waals surface area contributed by atoms with Crippen LogP contribution >= 0.6 is 0 Å². The third kappa shape index (κ3) is 3.47. The van der Waals surface area contributed by atoms with Crippen molar-refractivity contribution in [3.63, 3.8) is 0 Å². The van der Waals surface area contributed by atoms with Crippen LogP contribution in [0.1, 0.15) is 30.8 Å². The summed E-state index contributed by atoms with van der Waals surface area (Å²) < 4.78 is 1.45. The van der Waals surface area contributed by atoms with Gasteiger partial charge in [0.05, 0.1) is 5.69 Å². The van der Waals surface area contributed by atoms with Gasteiger partial charge in [-0.2, -0.15) is 5.10 Å². The molecule has 1 aromatic heterocycles. The molecular weight excluding hydrogens is 234 g/mol. The second kappa shape index (κ2) is 6.04. The summed E-state index contributed by atoms with van der Waals surface area (Å²) in [4.78, 5) is 23.4. The molecule has 7 nitrogen and oxygen atoms in total. The van der Waals surface area contributed by atoms with E-state index in [-0.39, 0.29) is 17.3 Å². The van der Waals surface area contributed by atoms with Gasteiger partial charge in [-0.05, 0) is 13.3 Å². The second-order valence-electron chi connectivity index (χ2n) is 4.09. The molecule has 1 aromatic rings. The van der Waals surface area contributed by atoms with Crippen molar-refractivity contribution in [2.45, 2.75) is 26.3 Å². The molecule has 0 aromatic carbocycles. The Labute approximate surface area is 106 Å². The molecule has 0 saturated heterocycles. The van der Waals surface area contributed by atoms with Crippen LogP contribution in [0.2, 0.25) is 0 Å². The molecule has 1 atom stereocenters. The summed E-state index contributed by atoms with van der Waals surface area (Å²) in [7, 11) is 1.67. The lowest BCUT2D eigenvalue weighted by atomic mass is 10.2. The van der Waals surface area contributed by atoms with E-state index in [1.54, 1.807) is 14.0 Å². The van der Waals surface area contributed by atoms with Gasteiger partial charge in [0.2, 0.25) is 5.91 Å². The summed E-state index contributed by atoms with van der Waals surface area (Å²) >= 11 is 0. The molecule has 0 fully saturated rings. The average Bonchev–Trinajstić information content (AvgIpc) is 2.65. The summed E-state index contributed by atoms with van der Waals surface area (Å²) in [5.41, 5.74) is 6.05. The number of hydrogen-bond donors (Lipinski definition) is 3. The molecule has 4 N–H and O–H groups in total. The first-order chi connectivity index (χ1) is 8.45. The lowest BCUT2D eigenvalue weighted by Crippen LogP contribution is -2.45. The van der Waals surface area contributed by atoms with Gasteiger partial charge in [0.15, 0.2) is 5.69 Å². The number of carbonyl (C=O) groups excluding carboxylic acids is 2. The SMILES string of the molecule is CCCNC(=O)C(C)NC(=O)c1nn(C)cc1N. The molecule has 2 amide bonds. The summed E-state index contributed by atoms with van der Waals surface area (Å²) in [6.45, 7) is 4.16. The molecule has 0 aliphatic carbocycles. The summed E-state index contributed by atoms with van der Waals surface area (Å²) in [6.07, 6.45) is 2.39. The lowest BCUT2D eigenvalue weighted by molar-refractivity contribution is -0.122. The third-order valence-corrected chi connectivity index (χ3v) is 2.36. The molecule has 0 aliphatic heterocycles. The van der Waals surface area contributed by atoms with Crippen molar-refractivity contribution in [1.82, 2.24) is 20.4 Å². The zero-order chi connectivity index (χ0) is 13.7. The van der Waals surface area contributed by atoms with E-state index < -0.39 is 11.9 Å². The van der Waals surface area contributed by atoms with E-state index in [2.05, 4.69) is 15.7 Å². The molecule has 1 heterocycles. The Morgan fingerprint density at radius 1 is 1.56 bits per heavy atom. The van der Waals surface area contributed by atoms with Gasteiger partial charge in [-0.15, -0.1) is 0 Å². The topological polar surface area (TPSA) is 102 Å². The lowest BCUT2D eigenvalue weighted by Gasteiger charge is -2.13. The first-order valence-corrected chi connectivity index (χ1v) is 5.83. The van der Waals surface area contributed by atoms with Gasteiger partial charge < -0.3 is 16.4 Å². The van der Waals surface area contributed by atoms with Crippen LogP contribution in [0.5, 0.6) is 0 Å². The van der Waals surface area contributed by atoms with Crippen molar-refractivity contribution in [2.75, 3.05) is 12.3 Å². The average molecular weight is 253 g/mol. The van der Waals surface area contributed by atoms with E-state index in [1.165, 1.54) is 10.9 Å². The predicted molar refractivity (Wildman–Crippen MR) is 67.8 cm³/mol. The van der Waals surface area contributed by atoms with Gasteiger partial charge in [-0.1, -0.05) is 6.92 Å². The molecule has 0 radical (unpaired) electrons. The molecular formula is C11H19N5O2. The number of aromatic nitrogens is 2. The number of nitrogen functional groups attached to an aromatic ring is 1. The minimum absolute atomic E-state index is 0.132. The van der Waals surface area contributed by atoms with Gasteiger partial charge >= 0.3 is 0 Å². The van der Waals surface area contributed by atoms with E-state index in [0.717, 1.165) is 6.42 Å². The van der Waals surface area contributed by atoms with Crippen LogP contribution < -0.4 is 16.4 Å². The highest BCUT2D eigenvalue weighted by Gasteiger charge is 2.19. The van der Waals surface area contributed by atoms with Crippen molar-refractivity contribution in [3.8, 4) is 0 Å². The number of nitrogens with zero attached hydrogens (tertiary/aromatic N) is 2. The molecule has 1 unspecified atom stereocenters. The number of anilines is 1. The van der Waals surface area contributed by atoms with Crippen LogP contribution in [-0.2, 0) is 11.8 Å². The Morgan fingerprint density at radius 3 is 2.72 bits per heavy atom. The first-order valence-electron chi connectivity index (χ1n) is 5.83. The van der Waals surface area contributed by atoms with Crippen molar-refractivity contribution in [3.05, 3.63) is 11.9 Å². The fraction of sp³-hybridized carbons (Fsp3) is 0.545. The van der Waals surface area contributed by atoms with Gasteiger partial charge in [-0.25, -0.2) is 0 Å². The highest BCUT2D eigenvalue weighted by Crippen LogP contribution is 2.07. The van der Waals surface area contributed by atoms with Crippen LogP contribution in [0.25, 0.3) is 0 Å². The fourth-order valence-electron chi connectivity index (χ4n) is 1.42. The first kappa shape index (κ1) is 14.0. The predicted octanol–water partition coefficient (Wildman–Crippen LogP) is -0.353. The maximum Gasteiger partial charge on any atom is 0.274 e. The molecule has 18 heavy (non-hydrogen) atoms. The highest BCUT2D eigenvalue weighted by atomic mass is 16.2. The number of rotatable bonds is 5. The zero-order valence-electron chi connectivity index (χ0n) is 10.9. The van der Waals surface area contributed by atoms with Crippen LogP contribution in [-0.4, -0.2) is 34.2 Å². The smallest absolute Gasteiger partial charge is 0.274 e. The largest absolute Gasteiger partial charge is 0.396 e. The Hall–Kier alpha value is -2.05. The van der Waals surface area contributed by atoms with E-state index in [0.29, 0.717) is 6.54 Å². The van der Waals surface area contributed by atoms with Gasteiger partial charge in [-0.3, -0.25) is 14.3 Å². The van der Waals surface area contributed by atoms with E-state index in [9.17, 15) is 9.59 Å². The number of nitrogens with two attached hydrogens (primary N) is 1. The molecule has 100 valence electrons. The normalized spacial score (nSPS) is 11.9. The van der Waals surface area contributed by atoms with Crippen molar-refractivity contribution < 1.29 is 9.59 Å². The quantitative estimate of drug-likeness (QED) is 0.667. The Morgan fingerprint density at radius 2 is 2.22 bits per heavy atom. The number of carbonyl (C=O) groups is 2. The van der Waals surface area contributed by atoms with Crippen LogP contribution in [0.4, 0.5) is 5.69 Å². The van der Waals surface area contributed by atoms with Crippen LogP contribution in [0, 0.1) is 0 Å². The molecule has 0 aliphatic rings. The minimum Gasteiger partial charge on any atom is -0.396 e. The molecule has 0 bridgehead atoms. The summed E-state index contributed by atoms with van der Waals surface area (Å²) in [6, 6.07) is -0.620. The fourth-order valence-corrected chi connectivity index (χ4v) is 1.42. The molecule has 0 saturated carbocycles.